The highest BCUT2D eigenvalue weighted by atomic mass is 19.1. The Balaban J connectivity index is 2.04. The number of aliphatic hydroxyl groups excluding tert-OH is 1. The zero-order valence-corrected chi connectivity index (χ0v) is 11.4. The Morgan fingerprint density at radius 2 is 1.90 bits per heavy atom. The van der Waals surface area contributed by atoms with Crippen molar-refractivity contribution in [2.24, 2.45) is 0 Å². The van der Waals surface area contributed by atoms with Crippen molar-refractivity contribution in [3.05, 3.63) is 59.1 Å². The molecule has 0 aliphatic heterocycles. The molecule has 5 heteroatoms. The highest BCUT2D eigenvalue weighted by molar-refractivity contribution is 5.22. The number of rotatable bonds is 5. The van der Waals surface area contributed by atoms with Crippen LogP contribution in [-0.4, -0.2) is 23.6 Å². The van der Waals surface area contributed by atoms with E-state index in [1.54, 1.807) is 18.2 Å². The van der Waals surface area contributed by atoms with Gasteiger partial charge in [-0.3, -0.25) is 4.90 Å². The van der Waals surface area contributed by atoms with E-state index in [9.17, 15) is 13.9 Å². The van der Waals surface area contributed by atoms with E-state index in [1.165, 1.54) is 6.07 Å². The molecule has 108 valence electrons. The van der Waals surface area contributed by atoms with Crippen molar-refractivity contribution in [1.29, 1.82) is 0 Å². The van der Waals surface area contributed by atoms with Crippen LogP contribution in [0.15, 0.2) is 34.9 Å². The van der Waals surface area contributed by atoms with Crippen LogP contribution in [0.25, 0.3) is 0 Å². The second kappa shape index (κ2) is 6.15. The van der Waals surface area contributed by atoms with Crippen molar-refractivity contribution < 1.29 is 18.3 Å². The van der Waals surface area contributed by atoms with Gasteiger partial charge >= 0.3 is 0 Å². The molecule has 0 amide bonds. The Bertz CT molecular complexity index is 563. The highest BCUT2D eigenvalue weighted by Gasteiger charge is 2.19. The van der Waals surface area contributed by atoms with Gasteiger partial charge in [-0.1, -0.05) is 6.07 Å². The average Bonchev–Trinajstić information content (AvgIpc) is 2.74. The van der Waals surface area contributed by atoms with E-state index >= 15 is 0 Å². The Morgan fingerprint density at radius 1 is 1.25 bits per heavy atom. The first kappa shape index (κ1) is 14.7. The van der Waals surface area contributed by atoms with Gasteiger partial charge in [0, 0.05) is 18.7 Å². The van der Waals surface area contributed by atoms with Gasteiger partial charge in [0.15, 0.2) is 0 Å². The third-order valence-corrected chi connectivity index (χ3v) is 3.22. The lowest BCUT2D eigenvalue weighted by atomic mass is 10.1. The fourth-order valence-electron chi connectivity index (χ4n) is 2.15. The van der Waals surface area contributed by atoms with Crippen LogP contribution < -0.4 is 0 Å². The summed E-state index contributed by atoms with van der Waals surface area (Å²) in [6.45, 7) is 2.51. The minimum Gasteiger partial charge on any atom is -0.469 e. The third kappa shape index (κ3) is 3.23. The van der Waals surface area contributed by atoms with Gasteiger partial charge < -0.3 is 9.52 Å². The van der Waals surface area contributed by atoms with Gasteiger partial charge in [-0.25, -0.2) is 8.78 Å². The fraction of sp³-hybridized carbons (Fsp3) is 0.333. The molecule has 0 saturated carbocycles. The molecule has 0 aliphatic carbocycles. The minimum atomic E-state index is -1.21. The zero-order chi connectivity index (χ0) is 14.7. The summed E-state index contributed by atoms with van der Waals surface area (Å²) in [5.74, 6) is -0.667. The number of aryl methyl sites for hydroxylation is 1. The summed E-state index contributed by atoms with van der Waals surface area (Å²) in [7, 11) is 1.77. The van der Waals surface area contributed by atoms with Gasteiger partial charge in [-0.2, -0.15) is 0 Å². The van der Waals surface area contributed by atoms with Gasteiger partial charge in [-0.05, 0) is 32.2 Å². The van der Waals surface area contributed by atoms with Crippen molar-refractivity contribution in [3.63, 3.8) is 0 Å². The van der Waals surface area contributed by atoms with Crippen LogP contribution in [0.5, 0.6) is 0 Å². The molecule has 2 aromatic rings. The van der Waals surface area contributed by atoms with Crippen LogP contribution in [0.4, 0.5) is 8.78 Å². The summed E-state index contributed by atoms with van der Waals surface area (Å²) in [4.78, 5) is 1.79. The second-order valence-corrected chi connectivity index (χ2v) is 4.85. The summed E-state index contributed by atoms with van der Waals surface area (Å²) in [5.41, 5.74) is 0.692. The maximum absolute atomic E-state index is 13.6. The number of hydrogen-bond acceptors (Lipinski definition) is 3. The predicted octanol–water partition coefficient (Wildman–Crippen LogP) is 3.03. The lowest BCUT2D eigenvalue weighted by Crippen LogP contribution is -2.25. The van der Waals surface area contributed by atoms with Crippen molar-refractivity contribution in [2.75, 3.05) is 13.6 Å². The van der Waals surface area contributed by atoms with Gasteiger partial charge in [-0.15, -0.1) is 0 Å². The molecule has 20 heavy (non-hydrogen) atoms. The summed E-state index contributed by atoms with van der Waals surface area (Å²) in [6, 6.07) is 5.39. The normalized spacial score (nSPS) is 12.9. The van der Waals surface area contributed by atoms with Gasteiger partial charge in [0.05, 0.1) is 17.9 Å². The molecule has 0 saturated heterocycles. The molecule has 0 aliphatic rings. The molecule has 0 fully saturated rings. The maximum atomic E-state index is 13.6. The SMILES string of the molecule is Cc1occc1CN(C)CC(O)c1c(F)cccc1F. The Morgan fingerprint density at radius 3 is 2.45 bits per heavy atom. The lowest BCUT2D eigenvalue weighted by molar-refractivity contribution is 0.116. The Kier molecular flexibility index (Phi) is 4.52. The van der Waals surface area contributed by atoms with E-state index < -0.39 is 17.7 Å². The van der Waals surface area contributed by atoms with Crippen molar-refractivity contribution in [3.8, 4) is 0 Å². The number of furan rings is 1. The largest absolute Gasteiger partial charge is 0.469 e. The topological polar surface area (TPSA) is 36.6 Å². The van der Waals surface area contributed by atoms with E-state index in [0.29, 0.717) is 6.54 Å². The third-order valence-electron chi connectivity index (χ3n) is 3.22. The van der Waals surface area contributed by atoms with Crippen LogP contribution in [0.3, 0.4) is 0 Å². The van der Waals surface area contributed by atoms with Crippen LogP contribution in [0, 0.1) is 18.6 Å². The van der Waals surface area contributed by atoms with E-state index in [-0.39, 0.29) is 12.1 Å². The van der Waals surface area contributed by atoms with Gasteiger partial charge in [0.25, 0.3) is 0 Å². The Labute approximate surface area is 116 Å². The van der Waals surface area contributed by atoms with Gasteiger partial charge in [0.2, 0.25) is 0 Å². The van der Waals surface area contributed by atoms with E-state index in [1.807, 2.05) is 13.0 Å². The zero-order valence-electron chi connectivity index (χ0n) is 11.4. The lowest BCUT2D eigenvalue weighted by Gasteiger charge is -2.21. The second-order valence-electron chi connectivity index (χ2n) is 4.85. The van der Waals surface area contributed by atoms with Crippen LogP contribution >= 0.6 is 0 Å². The molecular weight excluding hydrogens is 264 g/mol. The number of aliphatic hydroxyl groups is 1. The molecule has 2 rings (SSSR count). The van der Waals surface area contributed by atoms with Crippen molar-refractivity contribution >= 4 is 0 Å². The molecular formula is C15H17F2NO2. The number of likely N-dealkylation sites (N-methyl/N-ethyl adjacent to an activating group) is 1. The molecule has 3 nitrogen and oxygen atoms in total. The van der Waals surface area contributed by atoms with Crippen molar-refractivity contribution in [1.82, 2.24) is 4.90 Å². The highest BCUT2D eigenvalue weighted by Crippen LogP contribution is 2.22. The smallest absolute Gasteiger partial charge is 0.131 e. The van der Waals surface area contributed by atoms with E-state index in [2.05, 4.69) is 0 Å². The molecule has 0 spiro atoms. The number of hydrogen-bond donors (Lipinski definition) is 1. The first-order valence-electron chi connectivity index (χ1n) is 6.32. The standard InChI is InChI=1S/C15H17F2NO2/c1-10-11(6-7-20-10)8-18(2)9-14(19)15-12(16)4-3-5-13(15)17/h3-7,14,19H,8-9H2,1-2H3. The molecule has 0 radical (unpaired) electrons. The van der Waals surface area contributed by atoms with E-state index in [0.717, 1.165) is 23.5 Å². The number of benzene rings is 1. The van der Waals surface area contributed by atoms with Crippen LogP contribution in [0.2, 0.25) is 0 Å². The summed E-state index contributed by atoms with van der Waals surface area (Å²) in [6.07, 6.45) is 0.374. The maximum Gasteiger partial charge on any atom is 0.131 e. The molecule has 1 aromatic heterocycles. The fourth-order valence-corrected chi connectivity index (χ4v) is 2.15. The molecule has 1 heterocycles. The first-order chi connectivity index (χ1) is 9.49. The summed E-state index contributed by atoms with van der Waals surface area (Å²) < 4.78 is 32.3. The number of nitrogens with zero attached hydrogens (tertiary/aromatic N) is 1. The Hall–Kier alpha value is -1.72. The summed E-state index contributed by atoms with van der Waals surface area (Å²) in [5, 5.41) is 10.0. The molecule has 1 N–H and O–H groups in total. The van der Waals surface area contributed by atoms with Gasteiger partial charge in [0.1, 0.15) is 17.4 Å². The van der Waals surface area contributed by atoms with Crippen molar-refractivity contribution in [2.45, 2.75) is 19.6 Å². The quantitative estimate of drug-likeness (QED) is 0.915. The molecule has 1 unspecified atom stereocenters. The predicted molar refractivity (Wildman–Crippen MR) is 71.1 cm³/mol. The van der Waals surface area contributed by atoms with Crippen LogP contribution in [0.1, 0.15) is 23.0 Å². The first-order valence-corrected chi connectivity index (χ1v) is 6.32. The molecule has 1 atom stereocenters. The van der Waals surface area contributed by atoms with E-state index in [4.69, 9.17) is 4.42 Å². The number of halogens is 2. The van der Waals surface area contributed by atoms with Crippen LogP contribution in [-0.2, 0) is 6.54 Å². The average molecular weight is 281 g/mol. The monoisotopic (exact) mass is 281 g/mol. The molecule has 1 aromatic carbocycles. The minimum absolute atomic E-state index is 0.127. The molecule has 0 bridgehead atoms. The summed E-state index contributed by atoms with van der Waals surface area (Å²) >= 11 is 0.